The molecule has 0 aliphatic carbocycles. The molecule has 44 heavy (non-hydrogen) atoms. The molecule has 0 unspecified atom stereocenters. The molecule has 0 atom stereocenters. The second-order valence-electron chi connectivity index (χ2n) is 10.8. The van der Waals surface area contributed by atoms with E-state index in [4.69, 9.17) is 9.84 Å². The highest BCUT2D eigenvalue weighted by atomic mass is 16.5. The minimum Gasteiger partial charge on any atom is -0.508 e. The molecule has 0 bridgehead atoms. The molecule has 0 aliphatic rings. The molecular formula is C38H44O6. The van der Waals surface area contributed by atoms with E-state index in [0.717, 1.165) is 12.5 Å². The zero-order chi connectivity index (χ0) is 31.6. The summed E-state index contributed by atoms with van der Waals surface area (Å²) in [4.78, 5) is 24.4. The van der Waals surface area contributed by atoms with Crippen molar-refractivity contribution < 1.29 is 29.6 Å². The van der Waals surface area contributed by atoms with Crippen molar-refractivity contribution in [1.29, 1.82) is 0 Å². The van der Waals surface area contributed by atoms with Gasteiger partial charge in [0, 0.05) is 23.3 Å². The Balaban J connectivity index is 0.000000278. The molecule has 0 aliphatic heterocycles. The smallest absolute Gasteiger partial charge is 0.196 e. The zero-order valence-corrected chi connectivity index (χ0v) is 25.6. The fourth-order valence-electron chi connectivity index (χ4n) is 4.77. The number of rotatable bonds is 16. The SMILES string of the molecule is CCCCCCCCCCCCOc1ccc(C(=O)c2ccccc2)c(O)c1.O=C(c1ccccc1)c1ccc(O)cc1O. The molecule has 0 heterocycles. The van der Waals surface area contributed by atoms with Crippen LogP contribution >= 0.6 is 0 Å². The van der Waals surface area contributed by atoms with E-state index in [1.807, 2.05) is 24.3 Å². The van der Waals surface area contributed by atoms with Gasteiger partial charge in [-0.25, -0.2) is 0 Å². The summed E-state index contributed by atoms with van der Waals surface area (Å²) in [7, 11) is 0. The lowest BCUT2D eigenvalue weighted by Crippen LogP contribution is -2.02. The Morgan fingerprint density at radius 1 is 0.545 bits per heavy atom. The van der Waals surface area contributed by atoms with Gasteiger partial charge in [-0.05, 0) is 30.7 Å². The third kappa shape index (κ3) is 11.3. The van der Waals surface area contributed by atoms with E-state index in [-0.39, 0.29) is 34.4 Å². The number of hydrogen-bond acceptors (Lipinski definition) is 6. The summed E-state index contributed by atoms with van der Waals surface area (Å²) in [6.45, 7) is 2.89. The number of benzene rings is 4. The fourth-order valence-corrected chi connectivity index (χ4v) is 4.77. The van der Waals surface area contributed by atoms with Gasteiger partial charge < -0.3 is 20.1 Å². The van der Waals surface area contributed by atoms with Crippen LogP contribution in [-0.4, -0.2) is 33.5 Å². The van der Waals surface area contributed by atoms with Gasteiger partial charge in [0.15, 0.2) is 11.6 Å². The minimum atomic E-state index is -0.266. The van der Waals surface area contributed by atoms with Crippen molar-refractivity contribution in [3.05, 3.63) is 119 Å². The van der Waals surface area contributed by atoms with Crippen molar-refractivity contribution in [2.24, 2.45) is 0 Å². The average molecular weight is 597 g/mol. The first-order valence-corrected chi connectivity index (χ1v) is 15.6. The summed E-state index contributed by atoms with van der Waals surface area (Å²) in [5.74, 6) is -0.152. The van der Waals surface area contributed by atoms with Gasteiger partial charge in [0.05, 0.1) is 17.7 Å². The van der Waals surface area contributed by atoms with Crippen LogP contribution in [0.2, 0.25) is 0 Å². The van der Waals surface area contributed by atoms with Gasteiger partial charge in [-0.3, -0.25) is 9.59 Å². The molecule has 6 heteroatoms. The highest BCUT2D eigenvalue weighted by Crippen LogP contribution is 2.27. The van der Waals surface area contributed by atoms with Crippen molar-refractivity contribution in [3.63, 3.8) is 0 Å². The summed E-state index contributed by atoms with van der Waals surface area (Å²) in [5.41, 5.74) is 1.56. The standard InChI is InChI=1S/C25H34O3.C13H10O3/c1-2-3-4-5-6-7-8-9-10-14-19-28-22-17-18-23(24(26)20-22)25(27)21-15-12-11-13-16-21;14-10-6-7-11(12(15)8-10)13(16)9-4-2-1-3-5-9/h11-13,15-18,20,26H,2-10,14,19H2,1H3;1-8,14-15H. The lowest BCUT2D eigenvalue weighted by Gasteiger charge is -2.09. The molecule has 0 amide bonds. The van der Waals surface area contributed by atoms with E-state index in [1.165, 1.54) is 76.0 Å². The van der Waals surface area contributed by atoms with Crippen molar-refractivity contribution in [3.8, 4) is 23.0 Å². The van der Waals surface area contributed by atoms with Crippen molar-refractivity contribution in [1.82, 2.24) is 0 Å². The number of carbonyl (C=O) groups excluding carboxylic acids is 2. The number of ketones is 2. The number of phenols is 3. The first-order valence-electron chi connectivity index (χ1n) is 15.6. The number of phenolic OH excluding ortho intramolecular Hbond substituents is 3. The highest BCUT2D eigenvalue weighted by Gasteiger charge is 2.14. The normalized spacial score (nSPS) is 10.5. The molecule has 0 saturated heterocycles. The van der Waals surface area contributed by atoms with E-state index >= 15 is 0 Å². The molecule has 4 rings (SSSR count). The van der Waals surface area contributed by atoms with Crippen LogP contribution in [0.3, 0.4) is 0 Å². The molecule has 0 aromatic heterocycles. The average Bonchev–Trinajstić information content (AvgIpc) is 3.04. The topological polar surface area (TPSA) is 104 Å². The third-order valence-electron chi connectivity index (χ3n) is 7.28. The van der Waals surface area contributed by atoms with Crippen LogP contribution in [0.5, 0.6) is 23.0 Å². The molecule has 232 valence electrons. The maximum Gasteiger partial charge on any atom is 0.196 e. The maximum atomic E-state index is 12.4. The quantitative estimate of drug-likeness (QED) is 0.0880. The summed E-state index contributed by atoms with van der Waals surface area (Å²) >= 11 is 0. The first-order chi connectivity index (χ1) is 21.4. The van der Waals surface area contributed by atoms with Gasteiger partial charge in [0.2, 0.25) is 0 Å². The Kier molecular flexibility index (Phi) is 14.5. The summed E-state index contributed by atoms with van der Waals surface area (Å²) < 4.78 is 5.73. The Morgan fingerprint density at radius 3 is 1.48 bits per heavy atom. The highest BCUT2D eigenvalue weighted by molar-refractivity contribution is 6.11. The molecule has 4 aromatic rings. The monoisotopic (exact) mass is 596 g/mol. The third-order valence-corrected chi connectivity index (χ3v) is 7.28. The lowest BCUT2D eigenvalue weighted by atomic mass is 10.0. The molecular weight excluding hydrogens is 552 g/mol. The first kappa shape index (κ1) is 33.9. The minimum absolute atomic E-state index is 0.0329. The van der Waals surface area contributed by atoms with Crippen LogP contribution in [0.15, 0.2) is 97.1 Å². The van der Waals surface area contributed by atoms with Gasteiger partial charge in [-0.15, -0.1) is 0 Å². The van der Waals surface area contributed by atoms with E-state index in [9.17, 15) is 19.8 Å². The summed E-state index contributed by atoms with van der Waals surface area (Å²) in [6.07, 6.45) is 12.9. The molecule has 6 nitrogen and oxygen atoms in total. The number of hydrogen-bond donors (Lipinski definition) is 3. The second kappa shape index (κ2) is 18.9. The van der Waals surface area contributed by atoms with Crippen molar-refractivity contribution >= 4 is 11.6 Å². The van der Waals surface area contributed by atoms with E-state index in [2.05, 4.69) is 6.92 Å². The van der Waals surface area contributed by atoms with Crippen molar-refractivity contribution in [2.45, 2.75) is 71.1 Å². The van der Waals surface area contributed by atoms with E-state index in [0.29, 0.717) is 29.0 Å². The number of unbranched alkanes of at least 4 members (excludes halogenated alkanes) is 9. The van der Waals surface area contributed by atoms with Gasteiger partial charge in [-0.2, -0.15) is 0 Å². The van der Waals surface area contributed by atoms with Crippen LogP contribution in [0.4, 0.5) is 0 Å². The lowest BCUT2D eigenvalue weighted by molar-refractivity contribution is 0.102. The molecule has 0 saturated carbocycles. The Hall–Kier alpha value is -4.58. The molecule has 0 spiro atoms. The largest absolute Gasteiger partial charge is 0.508 e. The van der Waals surface area contributed by atoms with Crippen LogP contribution in [0.1, 0.15) is 103 Å². The molecule has 3 N–H and O–H groups in total. The number of ether oxygens (including phenoxy) is 1. The van der Waals surface area contributed by atoms with E-state index in [1.54, 1.807) is 48.5 Å². The van der Waals surface area contributed by atoms with Crippen LogP contribution < -0.4 is 4.74 Å². The van der Waals surface area contributed by atoms with Gasteiger partial charge in [0.25, 0.3) is 0 Å². The van der Waals surface area contributed by atoms with E-state index < -0.39 is 0 Å². The van der Waals surface area contributed by atoms with Crippen LogP contribution in [-0.2, 0) is 0 Å². The Morgan fingerprint density at radius 2 is 1.00 bits per heavy atom. The summed E-state index contributed by atoms with van der Waals surface area (Å²) in [5, 5.41) is 28.9. The van der Waals surface area contributed by atoms with Crippen LogP contribution in [0, 0.1) is 0 Å². The predicted octanol–water partition coefficient (Wildman–Crippen LogP) is 9.25. The van der Waals surface area contributed by atoms with Crippen LogP contribution in [0.25, 0.3) is 0 Å². The number of carbonyl (C=O) groups is 2. The predicted molar refractivity (Wildman–Crippen MR) is 175 cm³/mol. The molecule has 0 radical (unpaired) electrons. The maximum absolute atomic E-state index is 12.4. The molecule has 0 fully saturated rings. The Bertz CT molecular complexity index is 1430. The summed E-state index contributed by atoms with van der Waals surface area (Å²) in [6, 6.07) is 26.5. The van der Waals surface area contributed by atoms with Gasteiger partial charge in [0.1, 0.15) is 23.0 Å². The van der Waals surface area contributed by atoms with Crippen molar-refractivity contribution in [2.75, 3.05) is 6.61 Å². The second-order valence-corrected chi connectivity index (χ2v) is 10.8. The van der Waals surface area contributed by atoms with Gasteiger partial charge in [-0.1, -0.05) is 125 Å². The number of aromatic hydroxyl groups is 3. The van der Waals surface area contributed by atoms with Gasteiger partial charge >= 0.3 is 0 Å². The zero-order valence-electron chi connectivity index (χ0n) is 25.6. The Labute approximate surface area is 261 Å². The fraction of sp³-hybridized carbons (Fsp3) is 0.316. The molecule has 4 aromatic carbocycles.